The summed E-state index contributed by atoms with van der Waals surface area (Å²) >= 11 is 0. The molecule has 3 aliphatic heterocycles. The SMILES string of the molecule is Cc1nnc(CNC(=NCc2ccccc2)NCC2CN3CCN2CC3)n1C.I. The Kier molecular flexibility index (Phi) is 7.84. The van der Waals surface area contributed by atoms with Crippen LogP contribution >= 0.6 is 24.0 Å². The Morgan fingerprint density at radius 3 is 2.48 bits per heavy atom. The van der Waals surface area contributed by atoms with Crippen molar-refractivity contribution in [3.8, 4) is 0 Å². The number of halogens is 1. The maximum Gasteiger partial charge on any atom is 0.192 e. The maximum absolute atomic E-state index is 4.80. The minimum atomic E-state index is 0. The molecule has 158 valence electrons. The van der Waals surface area contributed by atoms with Crippen molar-refractivity contribution in [3.63, 3.8) is 0 Å². The lowest BCUT2D eigenvalue weighted by molar-refractivity contribution is 0.0154. The van der Waals surface area contributed by atoms with E-state index in [4.69, 9.17) is 4.99 Å². The van der Waals surface area contributed by atoms with Crippen molar-refractivity contribution in [2.24, 2.45) is 12.0 Å². The average Bonchev–Trinajstić information content (AvgIpc) is 3.07. The third kappa shape index (κ3) is 5.67. The highest BCUT2D eigenvalue weighted by Crippen LogP contribution is 2.14. The Morgan fingerprint density at radius 1 is 1.10 bits per heavy atom. The van der Waals surface area contributed by atoms with Gasteiger partial charge in [-0.05, 0) is 12.5 Å². The van der Waals surface area contributed by atoms with E-state index < -0.39 is 0 Å². The lowest BCUT2D eigenvalue weighted by Crippen LogP contribution is -2.63. The number of nitrogens with one attached hydrogen (secondary N) is 2. The predicted octanol–water partition coefficient (Wildman–Crippen LogP) is 0.977. The van der Waals surface area contributed by atoms with Crippen LogP contribution in [0.2, 0.25) is 0 Å². The molecule has 3 saturated heterocycles. The predicted molar refractivity (Wildman–Crippen MR) is 125 cm³/mol. The van der Waals surface area contributed by atoms with E-state index in [1.165, 1.54) is 31.7 Å². The molecule has 0 aliphatic carbocycles. The first-order valence-corrected chi connectivity index (χ1v) is 10.1. The molecule has 8 nitrogen and oxygen atoms in total. The lowest BCUT2D eigenvalue weighted by Gasteiger charge is -2.47. The van der Waals surface area contributed by atoms with Crippen molar-refractivity contribution in [1.82, 2.24) is 35.2 Å². The van der Waals surface area contributed by atoms with Crippen LogP contribution in [0.4, 0.5) is 0 Å². The first-order chi connectivity index (χ1) is 13.7. The summed E-state index contributed by atoms with van der Waals surface area (Å²) in [6.07, 6.45) is 0. The largest absolute Gasteiger partial charge is 0.355 e. The van der Waals surface area contributed by atoms with Crippen LogP contribution in [0.25, 0.3) is 0 Å². The number of fused-ring (bicyclic) bond motifs is 3. The first-order valence-electron chi connectivity index (χ1n) is 10.1. The normalized spacial score (nSPS) is 23.5. The van der Waals surface area contributed by atoms with Crippen LogP contribution in [0.3, 0.4) is 0 Å². The molecule has 0 radical (unpaired) electrons. The molecule has 1 unspecified atom stereocenters. The monoisotopic (exact) mass is 510 g/mol. The van der Waals surface area contributed by atoms with Crippen LogP contribution in [-0.2, 0) is 20.1 Å². The summed E-state index contributed by atoms with van der Waals surface area (Å²) in [6, 6.07) is 10.9. The average molecular weight is 510 g/mol. The van der Waals surface area contributed by atoms with Gasteiger partial charge in [0.25, 0.3) is 0 Å². The van der Waals surface area contributed by atoms with E-state index in [-0.39, 0.29) is 24.0 Å². The molecule has 4 heterocycles. The maximum atomic E-state index is 4.80. The molecule has 2 bridgehead atoms. The zero-order valence-electron chi connectivity index (χ0n) is 17.2. The van der Waals surface area contributed by atoms with Crippen molar-refractivity contribution in [3.05, 3.63) is 47.5 Å². The van der Waals surface area contributed by atoms with Gasteiger partial charge in [-0.25, -0.2) is 4.99 Å². The minimum absolute atomic E-state index is 0. The number of benzene rings is 1. The van der Waals surface area contributed by atoms with E-state index in [0.29, 0.717) is 19.1 Å². The van der Waals surface area contributed by atoms with Crippen LogP contribution < -0.4 is 10.6 Å². The van der Waals surface area contributed by atoms with Gasteiger partial charge < -0.3 is 15.2 Å². The Hall–Kier alpha value is -1.72. The van der Waals surface area contributed by atoms with Gasteiger partial charge in [0.05, 0.1) is 13.1 Å². The smallest absolute Gasteiger partial charge is 0.192 e. The molecule has 3 aliphatic rings. The molecular weight excluding hydrogens is 479 g/mol. The summed E-state index contributed by atoms with van der Waals surface area (Å²) in [5.74, 6) is 2.63. The summed E-state index contributed by atoms with van der Waals surface area (Å²) < 4.78 is 2.00. The standard InChI is InChI=1S/C20H30N8.HI/c1-16-24-25-19(26(16)2)14-23-20(21-12-17-6-4-3-5-7-17)22-13-18-15-27-8-10-28(18)11-9-27;/h3-7,18H,8-15H2,1-2H3,(H2,21,22,23);1H. The van der Waals surface area contributed by atoms with E-state index >= 15 is 0 Å². The summed E-state index contributed by atoms with van der Waals surface area (Å²) in [4.78, 5) is 9.95. The molecule has 0 amide bonds. The highest BCUT2D eigenvalue weighted by molar-refractivity contribution is 14.0. The number of hydrogen-bond donors (Lipinski definition) is 2. The quantitative estimate of drug-likeness (QED) is 0.343. The highest BCUT2D eigenvalue weighted by Gasteiger charge is 2.31. The fourth-order valence-electron chi connectivity index (χ4n) is 3.83. The van der Waals surface area contributed by atoms with Crippen LogP contribution in [-0.4, -0.2) is 75.8 Å². The van der Waals surface area contributed by atoms with Crippen LogP contribution in [0.5, 0.6) is 0 Å². The number of piperazine rings is 3. The van der Waals surface area contributed by atoms with Gasteiger partial charge in [0, 0.05) is 52.4 Å². The van der Waals surface area contributed by atoms with Crippen LogP contribution in [0.15, 0.2) is 35.3 Å². The molecule has 2 aromatic rings. The third-order valence-electron chi connectivity index (χ3n) is 5.76. The summed E-state index contributed by atoms with van der Waals surface area (Å²) in [5, 5.41) is 15.4. The fraction of sp³-hybridized carbons (Fsp3) is 0.550. The summed E-state index contributed by atoms with van der Waals surface area (Å²) in [6.45, 7) is 10.00. The molecule has 29 heavy (non-hydrogen) atoms. The Bertz CT molecular complexity index is 798. The number of guanidine groups is 1. The second-order valence-electron chi connectivity index (χ2n) is 7.60. The number of hydrogen-bond acceptors (Lipinski definition) is 5. The number of aryl methyl sites for hydroxylation is 1. The van der Waals surface area contributed by atoms with E-state index in [9.17, 15) is 0 Å². The zero-order valence-corrected chi connectivity index (χ0v) is 19.5. The van der Waals surface area contributed by atoms with E-state index in [2.05, 4.69) is 42.8 Å². The number of nitrogens with zero attached hydrogens (tertiary/aromatic N) is 6. The van der Waals surface area contributed by atoms with E-state index in [1.54, 1.807) is 0 Å². The van der Waals surface area contributed by atoms with Gasteiger partial charge in [-0.1, -0.05) is 30.3 Å². The molecule has 1 aromatic heterocycles. The van der Waals surface area contributed by atoms with Crippen molar-refractivity contribution >= 4 is 29.9 Å². The Morgan fingerprint density at radius 2 is 1.86 bits per heavy atom. The van der Waals surface area contributed by atoms with E-state index in [1.807, 2.05) is 36.7 Å². The van der Waals surface area contributed by atoms with Gasteiger partial charge >= 0.3 is 0 Å². The second kappa shape index (κ2) is 10.4. The van der Waals surface area contributed by atoms with Gasteiger partial charge in [0.2, 0.25) is 0 Å². The topological polar surface area (TPSA) is 73.6 Å². The Balaban J connectivity index is 0.00000240. The highest BCUT2D eigenvalue weighted by atomic mass is 127. The van der Waals surface area contributed by atoms with Crippen molar-refractivity contribution in [2.75, 3.05) is 39.3 Å². The van der Waals surface area contributed by atoms with Gasteiger partial charge in [-0.3, -0.25) is 9.80 Å². The van der Waals surface area contributed by atoms with Crippen molar-refractivity contribution in [2.45, 2.75) is 26.1 Å². The second-order valence-corrected chi connectivity index (χ2v) is 7.60. The van der Waals surface area contributed by atoms with E-state index in [0.717, 1.165) is 30.7 Å². The molecule has 0 saturated carbocycles. The van der Waals surface area contributed by atoms with Crippen molar-refractivity contribution in [1.29, 1.82) is 0 Å². The Labute approximate surface area is 189 Å². The summed E-state index contributed by atoms with van der Waals surface area (Å²) in [5.41, 5.74) is 1.20. The van der Waals surface area contributed by atoms with Crippen LogP contribution in [0.1, 0.15) is 17.2 Å². The number of aliphatic imine (C=N–C) groups is 1. The van der Waals surface area contributed by atoms with Crippen molar-refractivity contribution < 1.29 is 0 Å². The van der Waals surface area contributed by atoms with Gasteiger partial charge in [0.1, 0.15) is 5.82 Å². The molecule has 2 N–H and O–H groups in total. The van der Waals surface area contributed by atoms with Gasteiger partial charge in [-0.15, -0.1) is 34.2 Å². The number of rotatable bonds is 6. The molecule has 9 heteroatoms. The fourth-order valence-corrected chi connectivity index (χ4v) is 3.83. The van der Waals surface area contributed by atoms with Gasteiger partial charge in [0.15, 0.2) is 11.8 Å². The number of aromatic nitrogens is 3. The molecule has 1 aromatic carbocycles. The zero-order chi connectivity index (χ0) is 19.3. The molecule has 5 rings (SSSR count). The molecule has 1 atom stereocenters. The molecular formula is C20H31IN8. The molecule has 0 spiro atoms. The minimum Gasteiger partial charge on any atom is -0.355 e. The summed E-state index contributed by atoms with van der Waals surface area (Å²) in [7, 11) is 1.99. The lowest BCUT2D eigenvalue weighted by atomic mass is 10.1. The first kappa shape index (κ1) is 22.0. The van der Waals surface area contributed by atoms with Gasteiger partial charge in [-0.2, -0.15) is 0 Å². The van der Waals surface area contributed by atoms with Crippen LogP contribution in [0, 0.1) is 6.92 Å². The molecule has 3 fully saturated rings. The third-order valence-corrected chi connectivity index (χ3v) is 5.76.